The maximum atomic E-state index is 10.7. The second-order valence-corrected chi connectivity index (χ2v) is 3.69. The fourth-order valence-corrected chi connectivity index (χ4v) is 1.51. The Morgan fingerprint density at radius 3 is 2.88 bits per heavy atom. The molecule has 0 atom stereocenters. The van der Waals surface area contributed by atoms with E-state index >= 15 is 0 Å². The minimum atomic E-state index is -1.03. The summed E-state index contributed by atoms with van der Waals surface area (Å²) in [5.41, 5.74) is 0.765. The molecule has 0 aromatic carbocycles. The summed E-state index contributed by atoms with van der Waals surface area (Å²) in [4.78, 5) is 14.8. The maximum absolute atomic E-state index is 10.7. The first-order chi connectivity index (χ1) is 8.11. The number of anilines is 1. The summed E-state index contributed by atoms with van der Waals surface area (Å²) in [5, 5.41) is 16.1. The van der Waals surface area contributed by atoms with Crippen molar-refractivity contribution < 1.29 is 9.90 Å². The summed E-state index contributed by atoms with van der Waals surface area (Å²) >= 11 is 5.81. The molecule has 7 heteroatoms. The van der Waals surface area contributed by atoms with E-state index in [0.717, 1.165) is 0 Å². The molecule has 0 aliphatic rings. The Balaban J connectivity index is 2.48. The molecule has 2 N–H and O–H groups in total. The molecule has 0 unspecified atom stereocenters. The standard InChI is InChI=1S/C10H9ClN4O2/c1-12-8-2-7(11)4-13-9(8)15-5-6(3-14-15)10(16)17/h2-5,12H,1H3,(H,16,17). The van der Waals surface area contributed by atoms with E-state index in [1.165, 1.54) is 23.3 Å². The van der Waals surface area contributed by atoms with Crippen molar-refractivity contribution in [2.75, 3.05) is 12.4 Å². The van der Waals surface area contributed by atoms with Gasteiger partial charge in [0.2, 0.25) is 0 Å². The fraction of sp³-hybridized carbons (Fsp3) is 0.100. The van der Waals surface area contributed by atoms with Crippen LogP contribution in [-0.2, 0) is 0 Å². The summed E-state index contributed by atoms with van der Waals surface area (Å²) in [7, 11) is 1.72. The van der Waals surface area contributed by atoms with Gasteiger partial charge >= 0.3 is 5.97 Å². The highest BCUT2D eigenvalue weighted by Gasteiger charge is 2.11. The van der Waals surface area contributed by atoms with E-state index < -0.39 is 5.97 Å². The lowest BCUT2D eigenvalue weighted by atomic mass is 10.3. The Bertz CT molecular complexity index is 567. The largest absolute Gasteiger partial charge is 0.478 e. The zero-order valence-corrected chi connectivity index (χ0v) is 9.64. The van der Waals surface area contributed by atoms with Crippen LogP contribution in [0, 0.1) is 0 Å². The van der Waals surface area contributed by atoms with Crippen LogP contribution in [-0.4, -0.2) is 32.9 Å². The average Bonchev–Trinajstić information content (AvgIpc) is 2.78. The number of halogens is 1. The lowest BCUT2D eigenvalue weighted by Gasteiger charge is -2.07. The molecule has 6 nitrogen and oxygen atoms in total. The van der Waals surface area contributed by atoms with E-state index in [2.05, 4.69) is 15.4 Å². The number of aromatic carboxylic acids is 1. The van der Waals surface area contributed by atoms with E-state index in [4.69, 9.17) is 16.7 Å². The molecule has 0 fully saturated rings. The number of carbonyl (C=O) groups is 1. The molecule has 88 valence electrons. The molecule has 0 aliphatic carbocycles. The second-order valence-electron chi connectivity index (χ2n) is 3.25. The van der Waals surface area contributed by atoms with Gasteiger partial charge in [-0.2, -0.15) is 5.10 Å². The molecule has 2 aromatic heterocycles. The van der Waals surface area contributed by atoms with Crippen molar-refractivity contribution in [1.29, 1.82) is 0 Å². The molecule has 0 spiro atoms. The van der Waals surface area contributed by atoms with E-state index in [1.807, 2.05) is 0 Å². The molecule has 0 amide bonds. The number of pyridine rings is 1. The van der Waals surface area contributed by atoms with E-state index in [9.17, 15) is 4.79 Å². The van der Waals surface area contributed by atoms with Gasteiger partial charge in [0.25, 0.3) is 0 Å². The third-order valence-electron chi connectivity index (χ3n) is 2.15. The quantitative estimate of drug-likeness (QED) is 0.868. The Morgan fingerprint density at radius 1 is 1.53 bits per heavy atom. The lowest BCUT2D eigenvalue weighted by Crippen LogP contribution is -2.03. The summed E-state index contributed by atoms with van der Waals surface area (Å²) < 4.78 is 1.38. The first-order valence-electron chi connectivity index (χ1n) is 4.73. The number of nitrogens with one attached hydrogen (secondary N) is 1. The van der Waals surface area contributed by atoms with E-state index in [-0.39, 0.29) is 5.56 Å². The molecule has 0 aliphatic heterocycles. The van der Waals surface area contributed by atoms with Crippen LogP contribution in [0.5, 0.6) is 0 Å². The first-order valence-corrected chi connectivity index (χ1v) is 5.11. The van der Waals surface area contributed by atoms with Crippen molar-refractivity contribution >= 4 is 23.3 Å². The normalized spacial score (nSPS) is 10.2. The second kappa shape index (κ2) is 4.42. The van der Waals surface area contributed by atoms with Crippen LogP contribution in [0.15, 0.2) is 24.7 Å². The Labute approximate surface area is 102 Å². The number of carboxylic acids is 1. The highest BCUT2D eigenvalue weighted by atomic mass is 35.5. The summed E-state index contributed by atoms with van der Waals surface area (Å²) in [6, 6.07) is 1.69. The fourth-order valence-electron chi connectivity index (χ4n) is 1.35. The highest BCUT2D eigenvalue weighted by molar-refractivity contribution is 6.30. The van der Waals surface area contributed by atoms with Crippen LogP contribution < -0.4 is 5.32 Å². The predicted molar refractivity (Wildman–Crippen MR) is 62.9 cm³/mol. The topological polar surface area (TPSA) is 80.0 Å². The SMILES string of the molecule is CNc1cc(Cl)cnc1-n1cc(C(=O)O)cn1. The molecular formula is C10H9ClN4O2. The van der Waals surface area contributed by atoms with Crippen molar-refractivity contribution in [3.8, 4) is 5.82 Å². The highest BCUT2D eigenvalue weighted by Crippen LogP contribution is 2.21. The van der Waals surface area contributed by atoms with Crippen molar-refractivity contribution in [2.24, 2.45) is 0 Å². The number of aromatic nitrogens is 3. The van der Waals surface area contributed by atoms with Crippen LogP contribution in [0.1, 0.15) is 10.4 Å². The van der Waals surface area contributed by atoms with Gasteiger partial charge in [0.1, 0.15) is 0 Å². The lowest BCUT2D eigenvalue weighted by molar-refractivity contribution is 0.0697. The molecule has 2 aromatic rings. The smallest absolute Gasteiger partial charge is 0.338 e. The van der Waals surface area contributed by atoms with Gasteiger partial charge in [-0.1, -0.05) is 11.6 Å². The van der Waals surface area contributed by atoms with Gasteiger partial charge in [0.05, 0.1) is 22.5 Å². The molecular weight excluding hydrogens is 244 g/mol. The van der Waals surface area contributed by atoms with Gasteiger partial charge in [0, 0.05) is 19.4 Å². The van der Waals surface area contributed by atoms with Crippen LogP contribution >= 0.6 is 11.6 Å². The Kier molecular flexibility index (Phi) is 2.97. The summed E-state index contributed by atoms with van der Waals surface area (Å²) in [6.07, 6.45) is 4.12. The van der Waals surface area contributed by atoms with Gasteiger partial charge < -0.3 is 10.4 Å². The minimum absolute atomic E-state index is 0.101. The van der Waals surface area contributed by atoms with Gasteiger partial charge in [-0.05, 0) is 6.07 Å². The molecule has 2 rings (SSSR count). The van der Waals surface area contributed by atoms with Crippen LogP contribution in [0.25, 0.3) is 5.82 Å². The van der Waals surface area contributed by atoms with Gasteiger partial charge in [-0.3, -0.25) is 0 Å². The van der Waals surface area contributed by atoms with Gasteiger partial charge in [0.15, 0.2) is 5.82 Å². The number of nitrogens with zero attached hydrogens (tertiary/aromatic N) is 3. The zero-order chi connectivity index (χ0) is 12.4. The third-order valence-corrected chi connectivity index (χ3v) is 2.36. The van der Waals surface area contributed by atoms with Crippen LogP contribution in [0.4, 0.5) is 5.69 Å². The zero-order valence-electron chi connectivity index (χ0n) is 8.88. The Hall–Kier alpha value is -2.08. The number of rotatable bonds is 3. The first kappa shape index (κ1) is 11.4. The predicted octanol–water partition coefficient (Wildman–Crippen LogP) is 1.66. The number of hydrogen-bond donors (Lipinski definition) is 2. The minimum Gasteiger partial charge on any atom is -0.478 e. The van der Waals surface area contributed by atoms with E-state index in [1.54, 1.807) is 13.1 Å². The molecule has 0 radical (unpaired) electrons. The molecule has 0 saturated carbocycles. The van der Waals surface area contributed by atoms with Crippen molar-refractivity contribution in [1.82, 2.24) is 14.8 Å². The van der Waals surface area contributed by atoms with Crippen LogP contribution in [0.2, 0.25) is 5.02 Å². The van der Waals surface area contributed by atoms with Gasteiger partial charge in [-0.25, -0.2) is 14.5 Å². The molecule has 0 bridgehead atoms. The van der Waals surface area contributed by atoms with Gasteiger partial charge in [-0.15, -0.1) is 0 Å². The molecule has 0 saturated heterocycles. The number of hydrogen-bond acceptors (Lipinski definition) is 4. The maximum Gasteiger partial charge on any atom is 0.338 e. The van der Waals surface area contributed by atoms with E-state index in [0.29, 0.717) is 16.5 Å². The van der Waals surface area contributed by atoms with Crippen molar-refractivity contribution in [2.45, 2.75) is 0 Å². The summed E-state index contributed by atoms with van der Waals surface area (Å²) in [5.74, 6) is -0.541. The van der Waals surface area contributed by atoms with Crippen LogP contribution in [0.3, 0.4) is 0 Å². The number of carboxylic acid groups (broad SMARTS) is 1. The monoisotopic (exact) mass is 252 g/mol. The van der Waals surface area contributed by atoms with Crippen molar-refractivity contribution in [3.05, 3.63) is 35.2 Å². The summed E-state index contributed by atoms with van der Waals surface area (Å²) in [6.45, 7) is 0. The molecule has 17 heavy (non-hydrogen) atoms. The van der Waals surface area contributed by atoms with Crippen molar-refractivity contribution in [3.63, 3.8) is 0 Å². The Morgan fingerprint density at radius 2 is 2.29 bits per heavy atom. The molecule has 2 heterocycles. The average molecular weight is 253 g/mol. The third kappa shape index (κ3) is 2.21.